The number of hydrogen-bond acceptors (Lipinski definition) is 4. The molecule has 0 radical (unpaired) electrons. The Kier molecular flexibility index (Phi) is 4.47. The lowest BCUT2D eigenvalue weighted by atomic mass is 10.2. The summed E-state index contributed by atoms with van der Waals surface area (Å²) >= 11 is 0. The molecule has 0 aliphatic heterocycles. The van der Waals surface area contributed by atoms with E-state index in [9.17, 15) is 10.1 Å². The Balaban J connectivity index is 2.99. The summed E-state index contributed by atoms with van der Waals surface area (Å²) in [6.45, 7) is 4.33. The zero-order chi connectivity index (χ0) is 12.0. The van der Waals surface area contributed by atoms with Gasteiger partial charge in [0.15, 0.2) is 5.75 Å². The summed E-state index contributed by atoms with van der Waals surface area (Å²) in [5, 5.41) is 13.8. The van der Waals surface area contributed by atoms with Gasteiger partial charge in [-0.05, 0) is 18.7 Å². The fraction of sp³-hybridized carbons (Fsp3) is 0.273. The first-order valence-electron chi connectivity index (χ1n) is 4.84. The van der Waals surface area contributed by atoms with Crippen LogP contribution in [0.4, 0.5) is 5.69 Å². The number of nitrogens with zero attached hydrogens (tertiary/aromatic N) is 1. The van der Waals surface area contributed by atoms with Crippen molar-refractivity contribution in [1.29, 1.82) is 0 Å². The van der Waals surface area contributed by atoms with E-state index < -0.39 is 4.92 Å². The molecular formula is C11H14N2O3. The summed E-state index contributed by atoms with van der Waals surface area (Å²) in [5.74, 6) is 0.268. The third kappa shape index (κ3) is 3.06. The van der Waals surface area contributed by atoms with Gasteiger partial charge in [-0.15, -0.1) is 0 Å². The predicted octanol–water partition coefficient (Wildman–Crippen LogP) is 1.88. The summed E-state index contributed by atoms with van der Waals surface area (Å²) in [7, 11) is 1.79. The quantitative estimate of drug-likeness (QED) is 0.453. The van der Waals surface area contributed by atoms with Gasteiger partial charge in [0.25, 0.3) is 0 Å². The van der Waals surface area contributed by atoms with Crippen LogP contribution >= 0.6 is 0 Å². The largest absolute Gasteiger partial charge is 0.483 e. The molecule has 0 unspecified atom stereocenters. The molecule has 0 bridgehead atoms. The molecule has 0 atom stereocenters. The molecule has 0 saturated carbocycles. The van der Waals surface area contributed by atoms with Crippen LogP contribution in [0.5, 0.6) is 5.75 Å². The van der Waals surface area contributed by atoms with Crippen LogP contribution in [0.3, 0.4) is 0 Å². The minimum Gasteiger partial charge on any atom is -0.483 e. The van der Waals surface area contributed by atoms with Crippen molar-refractivity contribution < 1.29 is 9.66 Å². The summed E-state index contributed by atoms with van der Waals surface area (Å²) in [6.07, 6.45) is 1.55. The highest BCUT2D eigenvalue weighted by molar-refractivity contribution is 5.48. The summed E-state index contributed by atoms with van der Waals surface area (Å²) < 4.78 is 5.20. The molecule has 1 rings (SSSR count). The lowest BCUT2D eigenvalue weighted by Crippen LogP contribution is -2.06. The second-order valence-electron chi connectivity index (χ2n) is 3.19. The van der Waals surface area contributed by atoms with Crippen LogP contribution in [0.25, 0.3) is 0 Å². The van der Waals surface area contributed by atoms with E-state index in [4.69, 9.17) is 4.74 Å². The summed E-state index contributed by atoms with van der Waals surface area (Å²) in [5.41, 5.74) is 0.828. The Bertz CT molecular complexity index is 391. The molecule has 86 valence electrons. The van der Waals surface area contributed by atoms with Crippen molar-refractivity contribution in [2.75, 3.05) is 13.7 Å². The zero-order valence-corrected chi connectivity index (χ0v) is 9.10. The van der Waals surface area contributed by atoms with E-state index in [1.165, 1.54) is 6.07 Å². The van der Waals surface area contributed by atoms with Gasteiger partial charge in [-0.25, -0.2) is 0 Å². The van der Waals surface area contributed by atoms with Crippen molar-refractivity contribution in [2.24, 2.45) is 0 Å². The highest BCUT2D eigenvalue weighted by atomic mass is 16.6. The van der Waals surface area contributed by atoms with Crippen LogP contribution in [0, 0.1) is 10.1 Å². The van der Waals surface area contributed by atoms with Crippen LogP contribution < -0.4 is 10.1 Å². The van der Waals surface area contributed by atoms with E-state index in [2.05, 4.69) is 11.9 Å². The van der Waals surface area contributed by atoms with Crippen molar-refractivity contribution in [3.05, 3.63) is 46.5 Å². The molecule has 0 fully saturated rings. The highest BCUT2D eigenvalue weighted by Crippen LogP contribution is 2.27. The molecule has 1 N–H and O–H groups in total. The SMILES string of the molecule is C=CCOc1ccc(CNC)cc1[N+](=O)[O-]. The van der Waals surface area contributed by atoms with Gasteiger partial charge in [-0.3, -0.25) is 10.1 Å². The molecule has 1 aromatic carbocycles. The molecule has 0 amide bonds. The first kappa shape index (κ1) is 12.2. The topological polar surface area (TPSA) is 64.4 Å². The minimum absolute atomic E-state index is 0.0189. The summed E-state index contributed by atoms with van der Waals surface area (Å²) in [4.78, 5) is 10.4. The second-order valence-corrected chi connectivity index (χ2v) is 3.19. The standard InChI is InChI=1S/C11H14N2O3/c1-3-6-16-11-5-4-9(8-12-2)7-10(11)13(14)15/h3-5,7,12H,1,6,8H2,2H3. The van der Waals surface area contributed by atoms with Gasteiger partial charge >= 0.3 is 5.69 Å². The Morgan fingerprint density at radius 2 is 2.38 bits per heavy atom. The molecule has 1 aromatic rings. The Hall–Kier alpha value is -1.88. The number of hydrogen-bond donors (Lipinski definition) is 1. The highest BCUT2D eigenvalue weighted by Gasteiger charge is 2.15. The average Bonchev–Trinajstić information content (AvgIpc) is 2.27. The van der Waals surface area contributed by atoms with Crippen molar-refractivity contribution in [1.82, 2.24) is 5.32 Å². The molecule has 0 aliphatic carbocycles. The molecular weight excluding hydrogens is 208 g/mol. The molecule has 0 spiro atoms. The molecule has 5 heteroatoms. The maximum absolute atomic E-state index is 10.8. The Morgan fingerprint density at radius 3 is 2.94 bits per heavy atom. The van der Waals surface area contributed by atoms with Crippen LogP contribution in [0.1, 0.15) is 5.56 Å². The third-order valence-electron chi connectivity index (χ3n) is 1.96. The summed E-state index contributed by atoms with van der Waals surface area (Å²) in [6, 6.07) is 4.91. The maximum atomic E-state index is 10.8. The van der Waals surface area contributed by atoms with Gasteiger partial charge in [0.1, 0.15) is 6.61 Å². The van der Waals surface area contributed by atoms with Gasteiger partial charge in [0.05, 0.1) is 4.92 Å². The second kappa shape index (κ2) is 5.87. The molecule has 0 aromatic heterocycles. The number of nitro groups is 1. The van der Waals surface area contributed by atoms with Gasteiger partial charge < -0.3 is 10.1 Å². The van der Waals surface area contributed by atoms with E-state index in [0.717, 1.165) is 5.56 Å². The minimum atomic E-state index is -0.447. The zero-order valence-electron chi connectivity index (χ0n) is 9.10. The van der Waals surface area contributed by atoms with Gasteiger partial charge in [0.2, 0.25) is 0 Å². The number of nitro benzene ring substituents is 1. The molecule has 5 nitrogen and oxygen atoms in total. The lowest BCUT2D eigenvalue weighted by Gasteiger charge is -2.06. The van der Waals surface area contributed by atoms with E-state index in [1.807, 2.05) is 0 Å². The average molecular weight is 222 g/mol. The number of nitrogens with one attached hydrogen (secondary N) is 1. The molecule has 16 heavy (non-hydrogen) atoms. The molecule has 0 saturated heterocycles. The van der Waals surface area contributed by atoms with E-state index in [0.29, 0.717) is 6.54 Å². The molecule has 0 heterocycles. The van der Waals surface area contributed by atoms with E-state index in [-0.39, 0.29) is 18.0 Å². The lowest BCUT2D eigenvalue weighted by molar-refractivity contribution is -0.385. The van der Waals surface area contributed by atoms with Crippen LogP contribution in [-0.4, -0.2) is 18.6 Å². The number of ether oxygens (including phenoxy) is 1. The van der Waals surface area contributed by atoms with Crippen molar-refractivity contribution in [2.45, 2.75) is 6.54 Å². The fourth-order valence-corrected chi connectivity index (χ4v) is 1.29. The van der Waals surface area contributed by atoms with Crippen LogP contribution in [0.15, 0.2) is 30.9 Å². The maximum Gasteiger partial charge on any atom is 0.311 e. The van der Waals surface area contributed by atoms with Crippen LogP contribution in [-0.2, 0) is 6.54 Å². The smallest absolute Gasteiger partial charge is 0.311 e. The first-order chi connectivity index (χ1) is 7.69. The fourth-order valence-electron chi connectivity index (χ4n) is 1.29. The van der Waals surface area contributed by atoms with Crippen molar-refractivity contribution in [3.63, 3.8) is 0 Å². The Labute approximate surface area is 93.9 Å². The van der Waals surface area contributed by atoms with E-state index >= 15 is 0 Å². The van der Waals surface area contributed by atoms with Crippen molar-refractivity contribution >= 4 is 5.69 Å². The molecule has 0 aliphatic rings. The van der Waals surface area contributed by atoms with Crippen LogP contribution in [0.2, 0.25) is 0 Å². The van der Waals surface area contributed by atoms with E-state index in [1.54, 1.807) is 25.3 Å². The number of benzene rings is 1. The van der Waals surface area contributed by atoms with Gasteiger partial charge in [-0.1, -0.05) is 18.7 Å². The number of rotatable bonds is 6. The predicted molar refractivity (Wildman–Crippen MR) is 61.6 cm³/mol. The third-order valence-corrected chi connectivity index (χ3v) is 1.96. The monoisotopic (exact) mass is 222 g/mol. The van der Waals surface area contributed by atoms with Crippen molar-refractivity contribution in [3.8, 4) is 5.75 Å². The first-order valence-corrected chi connectivity index (χ1v) is 4.84. The van der Waals surface area contributed by atoms with Gasteiger partial charge in [0, 0.05) is 12.6 Å². The Morgan fingerprint density at radius 1 is 1.62 bits per heavy atom. The normalized spacial score (nSPS) is 9.81. The van der Waals surface area contributed by atoms with Gasteiger partial charge in [-0.2, -0.15) is 0 Å².